The lowest BCUT2D eigenvalue weighted by Crippen LogP contribution is -2.42. The van der Waals surface area contributed by atoms with Gasteiger partial charge in [-0.1, -0.05) is 12.1 Å². The number of piperidine rings is 1. The van der Waals surface area contributed by atoms with Gasteiger partial charge in [-0.3, -0.25) is 4.79 Å². The largest absolute Gasteiger partial charge is 0.347 e. The number of rotatable bonds is 2. The Morgan fingerprint density at radius 1 is 1.21 bits per heavy atom. The molecule has 2 aromatic heterocycles. The predicted octanol–water partition coefficient (Wildman–Crippen LogP) is 3.29. The molecule has 0 bridgehead atoms. The molecule has 19 heavy (non-hydrogen) atoms. The third-order valence-electron chi connectivity index (χ3n) is 3.43. The van der Waals surface area contributed by atoms with Gasteiger partial charge in [-0.05, 0) is 29.3 Å². The minimum absolute atomic E-state index is 0.00542. The van der Waals surface area contributed by atoms with Crippen LogP contribution in [0.3, 0.4) is 0 Å². The summed E-state index contributed by atoms with van der Waals surface area (Å²) in [6, 6.07) is 10.2. The fraction of sp³-hybridized carbons (Fsp3) is 0.286. The summed E-state index contributed by atoms with van der Waals surface area (Å²) in [6.07, 6.45) is 0.797. The van der Waals surface area contributed by atoms with Crippen LogP contribution in [0.4, 0.5) is 0 Å². The zero-order valence-electron chi connectivity index (χ0n) is 10.1. The Kier molecular flexibility index (Phi) is 3.36. The molecule has 0 aliphatic carbocycles. The summed E-state index contributed by atoms with van der Waals surface area (Å²) >= 11 is 3.27. The van der Waals surface area contributed by atoms with Crippen LogP contribution in [-0.2, 0) is 4.79 Å². The van der Waals surface area contributed by atoms with E-state index in [2.05, 4.69) is 11.4 Å². The van der Waals surface area contributed by atoms with Crippen molar-refractivity contribution in [1.82, 2.24) is 5.32 Å². The van der Waals surface area contributed by atoms with Crippen LogP contribution >= 0.6 is 22.7 Å². The van der Waals surface area contributed by atoms with Gasteiger partial charge in [0, 0.05) is 15.7 Å². The maximum atomic E-state index is 12.1. The van der Waals surface area contributed by atoms with E-state index in [0.29, 0.717) is 0 Å². The van der Waals surface area contributed by atoms with E-state index in [0.717, 1.165) is 16.2 Å². The Hall–Kier alpha value is -1.64. The van der Waals surface area contributed by atoms with Crippen LogP contribution in [0.5, 0.6) is 0 Å². The molecule has 3 atom stereocenters. The zero-order valence-corrected chi connectivity index (χ0v) is 11.7. The molecule has 3 heterocycles. The lowest BCUT2D eigenvalue weighted by molar-refractivity contribution is -0.126. The van der Waals surface area contributed by atoms with Gasteiger partial charge in [-0.2, -0.15) is 5.26 Å². The van der Waals surface area contributed by atoms with Crippen molar-refractivity contribution < 1.29 is 4.79 Å². The van der Waals surface area contributed by atoms with Crippen molar-refractivity contribution in [3.05, 3.63) is 44.8 Å². The standard InChI is InChI=1S/C14H12N2OS2/c15-8-10-9(12-3-1-5-18-12)7-11(16-14(10)17)13-4-2-6-19-13/h1-6,9-11H,7H2,(H,16,17)/t9-,10-,11+/m0/s1. The van der Waals surface area contributed by atoms with E-state index in [1.807, 2.05) is 35.0 Å². The molecule has 2 aromatic rings. The number of nitriles is 1. The molecule has 5 heteroatoms. The van der Waals surface area contributed by atoms with E-state index in [-0.39, 0.29) is 17.9 Å². The van der Waals surface area contributed by atoms with Crippen molar-refractivity contribution in [3.8, 4) is 6.07 Å². The second kappa shape index (κ2) is 5.16. The molecular formula is C14H12N2OS2. The Labute approximate surface area is 119 Å². The molecule has 0 saturated carbocycles. The van der Waals surface area contributed by atoms with E-state index in [1.54, 1.807) is 22.7 Å². The number of nitrogens with zero attached hydrogens (tertiary/aromatic N) is 1. The molecule has 96 valence electrons. The second-order valence-corrected chi connectivity index (χ2v) is 6.50. The Bertz CT molecular complexity index is 598. The Morgan fingerprint density at radius 3 is 2.47 bits per heavy atom. The molecule has 1 N–H and O–H groups in total. The third-order valence-corrected chi connectivity index (χ3v) is 5.42. The fourth-order valence-electron chi connectivity index (χ4n) is 2.50. The monoisotopic (exact) mass is 288 g/mol. The summed E-state index contributed by atoms with van der Waals surface area (Å²) in [4.78, 5) is 14.4. The van der Waals surface area contributed by atoms with Crippen LogP contribution in [0, 0.1) is 17.2 Å². The summed E-state index contributed by atoms with van der Waals surface area (Å²) < 4.78 is 0. The van der Waals surface area contributed by atoms with Gasteiger partial charge < -0.3 is 5.32 Å². The van der Waals surface area contributed by atoms with Crippen molar-refractivity contribution in [1.29, 1.82) is 5.26 Å². The lowest BCUT2D eigenvalue weighted by Gasteiger charge is -2.32. The molecule has 3 nitrogen and oxygen atoms in total. The number of amides is 1. The van der Waals surface area contributed by atoms with Gasteiger partial charge in [0.25, 0.3) is 0 Å². The van der Waals surface area contributed by atoms with Crippen molar-refractivity contribution in [3.63, 3.8) is 0 Å². The minimum atomic E-state index is -0.574. The second-order valence-electron chi connectivity index (χ2n) is 4.54. The summed E-state index contributed by atoms with van der Waals surface area (Å²) in [5.41, 5.74) is 0. The molecule has 1 amide bonds. The molecule has 1 aliphatic heterocycles. The zero-order chi connectivity index (χ0) is 13.2. The first-order chi connectivity index (χ1) is 9.29. The van der Waals surface area contributed by atoms with Crippen molar-refractivity contribution in [2.75, 3.05) is 0 Å². The topological polar surface area (TPSA) is 52.9 Å². The van der Waals surface area contributed by atoms with E-state index < -0.39 is 5.92 Å². The van der Waals surface area contributed by atoms with Gasteiger partial charge in [0.2, 0.25) is 5.91 Å². The van der Waals surface area contributed by atoms with Crippen LogP contribution in [-0.4, -0.2) is 5.91 Å². The molecule has 0 spiro atoms. The molecule has 0 radical (unpaired) electrons. The van der Waals surface area contributed by atoms with Gasteiger partial charge in [0.1, 0.15) is 5.92 Å². The van der Waals surface area contributed by atoms with Gasteiger partial charge >= 0.3 is 0 Å². The highest BCUT2D eigenvalue weighted by Crippen LogP contribution is 2.40. The van der Waals surface area contributed by atoms with Crippen LogP contribution in [0.2, 0.25) is 0 Å². The molecule has 3 rings (SSSR count). The number of hydrogen-bond donors (Lipinski definition) is 1. The van der Waals surface area contributed by atoms with Crippen molar-refractivity contribution >= 4 is 28.6 Å². The van der Waals surface area contributed by atoms with Gasteiger partial charge in [0.15, 0.2) is 0 Å². The molecule has 1 saturated heterocycles. The summed E-state index contributed by atoms with van der Waals surface area (Å²) in [5, 5.41) is 16.2. The Morgan fingerprint density at radius 2 is 1.89 bits per heavy atom. The van der Waals surface area contributed by atoms with Crippen LogP contribution in [0.1, 0.15) is 28.1 Å². The SMILES string of the molecule is N#C[C@@H]1C(=O)N[C@@H](c2cccs2)C[C@@H]1c1cccs1. The third kappa shape index (κ3) is 2.29. The van der Waals surface area contributed by atoms with Gasteiger partial charge in [-0.15, -0.1) is 22.7 Å². The average molecular weight is 288 g/mol. The predicted molar refractivity (Wildman–Crippen MR) is 76.0 cm³/mol. The minimum Gasteiger partial charge on any atom is -0.347 e. The molecule has 0 unspecified atom stereocenters. The number of nitrogens with one attached hydrogen (secondary N) is 1. The number of carbonyl (C=O) groups excluding carboxylic acids is 1. The lowest BCUT2D eigenvalue weighted by atomic mass is 9.82. The maximum Gasteiger partial charge on any atom is 0.238 e. The highest BCUT2D eigenvalue weighted by atomic mass is 32.1. The van der Waals surface area contributed by atoms with E-state index in [4.69, 9.17) is 0 Å². The fourth-order valence-corrected chi connectivity index (χ4v) is 4.17. The first-order valence-electron chi connectivity index (χ1n) is 6.06. The van der Waals surface area contributed by atoms with Gasteiger partial charge in [0.05, 0.1) is 12.1 Å². The van der Waals surface area contributed by atoms with Crippen LogP contribution in [0.15, 0.2) is 35.0 Å². The number of carbonyl (C=O) groups is 1. The maximum absolute atomic E-state index is 12.1. The smallest absolute Gasteiger partial charge is 0.238 e. The molecule has 1 fully saturated rings. The summed E-state index contributed by atoms with van der Waals surface area (Å²) in [7, 11) is 0. The summed E-state index contributed by atoms with van der Waals surface area (Å²) in [5.74, 6) is -0.716. The van der Waals surface area contributed by atoms with E-state index in [9.17, 15) is 10.1 Å². The average Bonchev–Trinajstić information content (AvgIpc) is 3.11. The van der Waals surface area contributed by atoms with E-state index in [1.165, 1.54) is 0 Å². The van der Waals surface area contributed by atoms with Crippen LogP contribution in [0.25, 0.3) is 0 Å². The number of hydrogen-bond acceptors (Lipinski definition) is 4. The molecular weight excluding hydrogens is 276 g/mol. The number of thiophene rings is 2. The first-order valence-corrected chi connectivity index (χ1v) is 7.82. The quantitative estimate of drug-likeness (QED) is 0.922. The summed E-state index contributed by atoms with van der Waals surface area (Å²) in [6.45, 7) is 0. The molecule has 1 aliphatic rings. The Balaban J connectivity index is 1.92. The van der Waals surface area contributed by atoms with Crippen LogP contribution < -0.4 is 5.32 Å². The van der Waals surface area contributed by atoms with Crippen molar-refractivity contribution in [2.45, 2.75) is 18.4 Å². The van der Waals surface area contributed by atoms with Crippen molar-refractivity contribution in [2.24, 2.45) is 5.92 Å². The highest BCUT2D eigenvalue weighted by Gasteiger charge is 2.38. The highest BCUT2D eigenvalue weighted by molar-refractivity contribution is 7.10. The van der Waals surface area contributed by atoms with E-state index >= 15 is 0 Å². The van der Waals surface area contributed by atoms with Gasteiger partial charge in [-0.25, -0.2) is 0 Å². The first kappa shape index (κ1) is 12.4. The molecule has 0 aromatic carbocycles. The normalized spacial score (nSPS) is 26.7.